The molecule has 2 unspecified atom stereocenters. The molecular weight excluding hydrogens is 186 g/mol. The van der Waals surface area contributed by atoms with Gasteiger partial charge in [0, 0.05) is 18.3 Å². The van der Waals surface area contributed by atoms with Gasteiger partial charge in [0.1, 0.15) is 5.82 Å². The molecule has 0 radical (unpaired) electrons. The van der Waals surface area contributed by atoms with Gasteiger partial charge in [-0.2, -0.15) is 5.10 Å². The zero-order valence-electron chi connectivity index (χ0n) is 9.32. The molecule has 0 spiro atoms. The molecule has 3 rings (SSSR count). The Morgan fingerprint density at radius 3 is 2.93 bits per heavy atom. The number of rotatable bonds is 4. The lowest BCUT2D eigenvalue weighted by molar-refractivity contribution is 0.503. The summed E-state index contributed by atoms with van der Waals surface area (Å²) in [4.78, 5) is 0. The first kappa shape index (κ1) is 9.25. The van der Waals surface area contributed by atoms with Crippen molar-refractivity contribution in [3.8, 4) is 0 Å². The predicted molar refractivity (Wildman–Crippen MR) is 60.3 cm³/mol. The van der Waals surface area contributed by atoms with E-state index in [4.69, 9.17) is 5.73 Å². The van der Waals surface area contributed by atoms with Crippen molar-refractivity contribution in [1.82, 2.24) is 9.78 Å². The van der Waals surface area contributed by atoms with Gasteiger partial charge in [-0.05, 0) is 50.4 Å². The van der Waals surface area contributed by atoms with E-state index in [2.05, 4.69) is 16.7 Å². The molecule has 2 saturated carbocycles. The summed E-state index contributed by atoms with van der Waals surface area (Å²) >= 11 is 0. The first-order valence-electron chi connectivity index (χ1n) is 6.04. The van der Waals surface area contributed by atoms with Crippen molar-refractivity contribution >= 4 is 5.82 Å². The normalized spacial score (nSPS) is 29.4. The number of nitrogens with zero attached hydrogens (tertiary/aromatic N) is 2. The van der Waals surface area contributed by atoms with Gasteiger partial charge in [0.2, 0.25) is 0 Å². The summed E-state index contributed by atoms with van der Waals surface area (Å²) in [6, 6.07) is 1.95. The second kappa shape index (κ2) is 3.26. The summed E-state index contributed by atoms with van der Waals surface area (Å²) in [6.07, 6.45) is 5.76. The van der Waals surface area contributed by atoms with E-state index >= 15 is 0 Å². The van der Waals surface area contributed by atoms with Crippen LogP contribution in [0, 0.1) is 24.7 Å². The molecule has 3 heteroatoms. The third kappa shape index (κ3) is 1.87. The van der Waals surface area contributed by atoms with Gasteiger partial charge < -0.3 is 5.73 Å². The molecular formula is C12H19N3. The number of anilines is 1. The number of hydrogen-bond acceptors (Lipinski definition) is 2. The van der Waals surface area contributed by atoms with Crippen LogP contribution in [0.4, 0.5) is 5.82 Å². The topological polar surface area (TPSA) is 43.8 Å². The van der Waals surface area contributed by atoms with Crippen molar-refractivity contribution in [3.05, 3.63) is 11.8 Å². The largest absolute Gasteiger partial charge is 0.382 e. The second-order valence-electron chi connectivity index (χ2n) is 5.22. The van der Waals surface area contributed by atoms with Gasteiger partial charge >= 0.3 is 0 Å². The highest BCUT2D eigenvalue weighted by atomic mass is 15.3. The van der Waals surface area contributed by atoms with Crippen LogP contribution in [0.25, 0.3) is 0 Å². The van der Waals surface area contributed by atoms with E-state index in [0.717, 1.165) is 24.3 Å². The van der Waals surface area contributed by atoms with Gasteiger partial charge in [-0.15, -0.1) is 0 Å². The third-order valence-electron chi connectivity index (χ3n) is 3.92. The van der Waals surface area contributed by atoms with Crippen molar-refractivity contribution in [1.29, 1.82) is 0 Å². The fourth-order valence-corrected chi connectivity index (χ4v) is 2.75. The fourth-order valence-electron chi connectivity index (χ4n) is 2.75. The zero-order chi connectivity index (χ0) is 10.4. The molecule has 1 aromatic heterocycles. The molecule has 2 atom stereocenters. The molecule has 0 aromatic carbocycles. The minimum absolute atomic E-state index is 0.655. The molecule has 1 aromatic rings. The Kier molecular flexibility index (Phi) is 2.01. The van der Waals surface area contributed by atoms with Gasteiger partial charge in [-0.25, -0.2) is 0 Å². The number of hydrogen-bond donors (Lipinski definition) is 1. The Hall–Kier alpha value is -0.990. The molecule has 0 saturated heterocycles. The molecule has 0 amide bonds. The van der Waals surface area contributed by atoms with Crippen molar-refractivity contribution < 1.29 is 0 Å². The highest BCUT2D eigenvalue weighted by Crippen LogP contribution is 2.55. The molecule has 0 aliphatic heterocycles. The second-order valence-corrected chi connectivity index (χ2v) is 5.22. The summed E-state index contributed by atoms with van der Waals surface area (Å²) in [6.45, 7) is 3.13. The van der Waals surface area contributed by atoms with Crippen LogP contribution in [-0.4, -0.2) is 9.78 Å². The number of aryl methyl sites for hydroxylation is 2. The molecule has 2 aliphatic rings. The Labute approximate surface area is 90.7 Å². The van der Waals surface area contributed by atoms with Gasteiger partial charge in [0.05, 0.1) is 0 Å². The first-order valence-corrected chi connectivity index (χ1v) is 6.04. The van der Waals surface area contributed by atoms with E-state index in [1.807, 2.05) is 6.07 Å². The summed E-state index contributed by atoms with van der Waals surface area (Å²) in [5.41, 5.74) is 6.85. The molecule has 0 bridgehead atoms. The van der Waals surface area contributed by atoms with Gasteiger partial charge in [-0.3, -0.25) is 4.68 Å². The summed E-state index contributed by atoms with van der Waals surface area (Å²) in [5.74, 6) is 3.81. The summed E-state index contributed by atoms with van der Waals surface area (Å²) in [7, 11) is 0. The molecule has 1 heterocycles. The van der Waals surface area contributed by atoms with E-state index in [9.17, 15) is 0 Å². The maximum Gasteiger partial charge on any atom is 0.145 e. The molecule has 2 fully saturated rings. The minimum atomic E-state index is 0.655. The molecule has 15 heavy (non-hydrogen) atoms. The quantitative estimate of drug-likeness (QED) is 0.819. The van der Waals surface area contributed by atoms with Crippen LogP contribution in [0.5, 0.6) is 0 Å². The Morgan fingerprint density at radius 1 is 1.53 bits per heavy atom. The lowest BCUT2D eigenvalue weighted by Crippen LogP contribution is -2.04. The van der Waals surface area contributed by atoms with Crippen molar-refractivity contribution in [2.75, 3.05) is 5.73 Å². The molecule has 2 aliphatic carbocycles. The van der Waals surface area contributed by atoms with Crippen molar-refractivity contribution in [3.63, 3.8) is 0 Å². The Balaban J connectivity index is 1.51. The summed E-state index contributed by atoms with van der Waals surface area (Å²) < 4.78 is 2.05. The van der Waals surface area contributed by atoms with E-state index in [1.54, 1.807) is 0 Å². The third-order valence-corrected chi connectivity index (χ3v) is 3.92. The number of nitrogens with two attached hydrogens (primary N) is 1. The lowest BCUT2D eigenvalue weighted by atomic mass is 10.2. The smallest absolute Gasteiger partial charge is 0.145 e. The van der Waals surface area contributed by atoms with E-state index < -0.39 is 0 Å². The fraction of sp³-hybridized carbons (Fsp3) is 0.750. The average molecular weight is 205 g/mol. The number of aromatic nitrogens is 2. The van der Waals surface area contributed by atoms with Crippen LogP contribution >= 0.6 is 0 Å². The van der Waals surface area contributed by atoms with Crippen LogP contribution in [0.3, 0.4) is 0 Å². The SMILES string of the molecule is Cc1cc(N)nn1CCC1CC1C1CC1. The van der Waals surface area contributed by atoms with Crippen LogP contribution < -0.4 is 5.73 Å². The maximum atomic E-state index is 5.66. The Bertz CT molecular complexity index is 365. The van der Waals surface area contributed by atoms with Crippen LogP contribution in [0.1, 0.15) is 31.4 Å². The monoisotopic (exact) mass is 205 g/mol. The highest BCUT2D eigenvalue weighted by Gasteiger charge is 2.46. The van der Waals surface area contributed by atoms with Crippen molar-refractivity contribution in [2.24, 2.45) is 17.8 Å². The molecule has 82 valence electrons. The van der Waals surface area contributed by atoms with E-state index in [0.29, 0.717) is 5.82 Å². The standard InChI is InChI=1S/C12H19N3/c1-8-6-12(13)14-15(8)5-4-10-7-11(10)9-2-3-9/h6,9-11H,2-5,7H2,1H3,(H2,13,14). The van der Waals surface area contributed by atoms with Gasteiger partial charge in [0.25, 0.3) is 0 Å². The van der Waals surface area contributed by atoms with Gasteiger partial charge in [-0.1, -0.05) is 0 Å². The average Bonchev–Trinajstić information content (AvgIpc) is 3.04. The minimum Gasteiger partial charge on any atom is -0.382 e. The van der Waals surface area contributed by atoms with Gasteiger partial charge in [0.15, 0.2) is 0 Å². The van der Waals surface area contributed by atoms with E-state index in [1.165, 1.54) is 31.4 Å². The first-order chi connectivity index (χ1) is 7.24. The Morgan fingerprint density at radius 2 is 2.33 bits per heavy atom. The molecule has 3 nitrogen and oxygen atoms in total. The van der Waals surface area contributed by atoms with Crippen LogP contribution in [0.2, 0.25) is 0 Å². The van der Waals surface area contributed by atoms with Crippen LogP contribution in [-0.2, 0) is 6.54 Å². The zero-order valence-corrected chi connectivity index (χ0v) is 9.32. The van der Waals surface area contributed by atoms with Crippen LogP contribution in [0.15, 0.2) is 6.07 Å². The predicted octanol–water partition coefficient (Wildman–Crippen LogP) is 2.21. The lowest BCUT2D eigenvalue weighted by Gasteiger charge is -2.03. The molecule has 2 N–H and O–H groups in total. The van der Waals surface area contributed by atoms with Crippen molar-refractivity contribution in [2.45, 2.75) is 39.2 Å². The van der Waals surface area contributed by atoms with E-state index in [-0.39, 0.29) is 0 Å². The highest BCUT2D eigenvalue weighted by molar-refractivity contribution is 5.28. The summed E-state index contributed by atoms with van der Waals surface area (Å²) in [5, 5.41) is 4.29. The number of nitrogen functional groups attached to an aromatic ring is 1. The maximum absolute atomic E-state index is 5.66.